The number of benzene rings is 2. The summed E-state index contributed by atoms with van der Waals surface area (Å²) in [6.07, 6.45) is 0. The van der Waals surface area contributed by atoms with Crippen LogP contribution in [-0.2, 0) is 4.79 Å². The number of esters is 1. The van der Waals surface area contributed by atoms with Crippen LogP contribution < -0.4 is 4.74 Å². The topological polar surface area (TPSA) is 26.3 Å². The third kappa shape index (κ3) is 3.06. The molecule has 0 saturated heterocycles. The summed E-state index contributed by atoms with van der Waals surface area (Å²) in [6, 6.07) is 15.1. The quantitative estimate of drug-likeness (QED) is 0.393. The summed E-state index contributed by atoms with van der Waals surface area (Å²) in [5.41, 5.74) is 2.13. The molecule has 2 rings (SSSR count). The minimum atomic E-state index is -0.434. The van der Waals surface area contributed by atoms with Crippen LogP contribution in [0.25, 0.3) is 11.1 Å². The largest absolute Gasteiger partial charge is 0.422 e. The zero-order valence-corrected chi connectivity index (χ0v) is 11.5. The van der Waals surface area contributed by atoms with Gasteiger partial charge >= 0.3 is 5.97 Å². The fraction of sp³-hybridized carbons (Fsp3) is 0.0625. The summed E-state index contributed by atoms with van der Waals surface area (Å²) in [6.45, 7) is 5.20. The van der Waals surface area contributed by atoms with E-state index in [1.807, 2.05) is 36.4 Å². The summed E-state index contributed by atoms with van der Waals surface area (Å²) >= 11 is 4.44. The summed E-state index contributed by atoms with van der Waals surface area (Å²) in [4.78, 5) is 12.4. The lowest BCUT2D eigenvalue weighted by atomic mass is 10.0. The second kappa shape index (κ2) is 5.76. The van der Waals surface area contributed by atoms with Crippen molar-refractivity contribution in [3.8, 4) is 16.9 Å². The molecule has 2 aromatic rings. The maximum atomic E-state index is 11.7. The Labute approximate surface area is 118 Å². The van der Waals surface area contributed by atoms with Gasteiger partial charge in [-0.2, -0.15) is 0 Å². The number of rotatable bonds is 3. The van der Waals surface area contributed by atoms with Crippen LogP contribution in [0.1, 0.15) is 6.92 Å². The zero-order valence-electron chi connectivity index (χ0n) is 10.6. The highest BCUT2D eigenvalue weighted by Gasteiger charge is 2.13. The smallest absolute Gasteiger partial charge is 0.338 e. The summed E-state index contributed by atoms with van der Waals surface area (Å²) in [7, 11) is 0. The van der Waals surface area contributed by atoms with Crippen molar-refractivity contribution in [2.75, 3.05) is 0 Å². The SMILES string of the molecule is C=C(C)C(=O)Oc1cccc(S)c1-c1ccccc1. The Morgan fingerprint density at radius 1 is 1.11 bits per heavy atom. The van der Waals surface area contributed by atoms with Gasteiger partial charge in [0.05, 0.1) is 0 Å². The molecule has 0 aliphatic carbocycles. The van der Waals surface area contributed by atoms with Crippen LogP contribution in [0.4, 0.5) is 0 Å². The molecule has 96 valence electrons. The molecule has 2 aromatic carbocycles. The first-order valence-corrected chi connectivity index (χ1v) is 6.29. The molecule has 0 N–H and O–H groups in total. The van der Waals surface area contributed by atoms with E-state index in [9.17, 15) is 4.79 Å². The van der Waals surface area contributed by atoms with Crippen molar-refractivity contribution in [3.63, 3.8) is 0 Å². The van der Waals surface area contributed by atoms with Gasteiger partial charge in [-0.3, -0.25) is 0 Å². The van der Waals surface area contributed by atoms with E-state index < -0.39 is 5.97 Å². The highest BCUT2D eigenvalue weighted by Crippen LogP contribution is 2.35. The highest BCUT2D eigenvalue weighted by molar-refractivity contribution is 7.80. The van der Waals surface area contributed by atoms with Crippen LogP contribution >= 0.6 is 12.6 Å². The van der Waals surface area contributed by atoms with Crippen molar-refractivity contribution in [3.05, 3.63) is 60.7 Å². The molecule has 0 fully saturated rings. The minimum absolute atomic E-state index is 0.364. The van der Waals surface area contributed by atoms with E-state index in [0.29, 0.717) is 11.3 Å². The number of carbonyl (C=O) groups excluding carboxylic acids is 1. The first kappa shape index (κ1) is 13.4. The van der Waals surface area contributed by atoms with E-state index in [1.165, 1.54) is 0 Å². The Morgan fingerprint density at radius 2 is 1.79 bits per heavy atom. The molecule has 0 spiro atoms. The fourth-order valence-electron chi connectivity index (χ4n) is 1.69. The summed E-state index contributed by atoms with van der Waals surface area (Å²) in [5, 5.41) is 0. The van der Waals surface area contributed by atoms with Crippen molar-refractivity contribution in [1.29, 1.82) is 0 Å². The second-order valence-corrected chi connectivity index (χ2v) is 4.67. The third-order valence-corrected chi connectivity index (χ3v) is 2.99. The van der Waals surface area contributed by atoms with Crippen LogP contribution in [-0.4, -0.2) is 5.97 Å². The van der Waals surface area contributed by atoms with Gasteiger partial charge < -0.3 is 4.74 Å². The molecule has 0 unspecified atom stereocenters. The number of hydrogen-bond acceptors (Lipinski definition) is 3. The standard InChI is InChI=1S/C16H14O2S/c1-11(2)16(17)18-13-9-6-10-14(19)15(13)12-7-4-3-5-8-12/h3-10,19H,1H2,2H3. The predicted molar refractivity (Wildman–Crippen MR) is 79.6 cm³/mol. The molecule has 0 aliphatic heterocycles. The molecule has 0 bridgehead atoms. The van der Waals surface area contributed by atoms with E-state index in [4.69, 9.17) is 4.74 Å². The minimum Gasteiger partial charge on any atom is -0.422 e. The Hall–Kier alpha value is -2.00. The monoisotopic (exact) mass is 270 g/mol. The van der Waals surface area contributed by atoms with Crippen LogP contribution in [0.2, 0.25) is 0 Å². The Bertz CT molecular complexity index is 618. The van der Waals surface area contributed by atoms with Gasteiger partial charge in [0.15, 0.2) is 0 Å². The molecule has 0 aromatic heterocycles. The predicted octanol–water partition coefficient (Wildman–Crippen LogP) is 4.12. The van der Waals surface area contributed by atoms with Crippen LogP contribution in [0.3, 0.4) is 0 Å². The Balaban J connectivity index is 2.48. The van der Waals surface area contributed by atoms with Gasteiger partial charge in [0.25, 0.3) is 0 Å². The van der Waals surface area contributed by atoms with Crippen LogP contribution in [0, 0.1) is 0 Å². The van der Waals surface area contributed by atoms with Crippen molar-refractivity contribution in [2.24, 2.45) is 0 Å². The molecule has 3 heteroatoms. The zero-order chi connectivity index (χ0) is 13.8. The van der Waals surface area contributed by atoms with Gasteiger partial charge in [-0.05, 0) is 24.6 Å². The van der Waals surface area contributed by atoms with Crippen molar-refractivity contribution >= 4 is 18.6 Å². The molecule has 19 heavy (non-hydrogen) atoms. The average Bonchev–Trinajstić information content (AvgIpc) is 2.39. The highest BCUT2D eigenvalue weighted by atomic mass is 32.1. The fourth-order valence-corrected chi connectivity index (χ4v) is 2.01. The molecule has 0 heterocycles. The number of thiol groups is 1. The van der Waals surface area contributed by atoms with E-state index >= 15 is 0 Å². The van der Waals surface area contributed by atoms with Crippen LogP contribution in [0.5, 0.6) is 5.75 Å². The Kier molecular flexibility index (Phi) is 4.07. The third-order valence-electron chi connectivity index (χ3n) is 2.62. The average molecular weight is 270 g/mol. The van der Waals surface area contributed by atoms with Crippen molar-refractivity contribution in [2.45, 2.75) is 11.8 Å². The van der Waals surface area contributed by atoms with E-state index in [2.05, 4.69) is 19.2 Å². The molecule has 0 saturated carbocycles. The molecule has 0 atom stereocenters. The first-order valence-electron chi connectivity index (χ1n) is 5.84. The molecular weight excluding hydrogens is 256 g/mol. The molecule has 2 nitrogen and oxygen atoms in total. The van der Waals surface area contributed by atoms with Gasteiger partial charge in [-0.1, -0.05) is 43.0 Å². The maximum absolute atomic E-state index is 11.7. The lowest BCUT2D eigenvalue weighted by molar-refractivity contribution is -0.130. The first-order chi connectivity index (χ1) is 9.09. The second-order valence-electron chi connectivity index (χ2n) is 4.19. The normalized spacial score (nSPS) is 10.0. The van der Waals surface area contributed by atoms with Crippen molar-refractivity contribution < 1.29 is 9.53 Å². The molecule has 0 aliphatic rings. The molecule has 0 radical (unpaired) electrons. The Morgan fingerprint density at radius 3 is 2.42 bits per heavy atom. The van der Waals surface area contributed by atoms with Gasteiger partial charge in [-0.15, -0.1) is 12.6 Å². The van der Waals surface area contributed by atoms with Gasteiger partial charge in [-0.25, -0.2) is 4.79 Å². The molecule has 0 amide bonds. The van der Waals surface area contributed by atoms with Gasteiger partial charge in [0, 0.05) is 16.0 Å². The number of hydrogen-bond donors (Lipinski definition) is 1. The van der Waals surface area contributed by atoms with E-state index in [1.54, 1.807) is 19.1 Å². The van der Waals surface area contributed by atoms with E-state index in [-0.39, 0.29) is 0 Å². The van der Waals surface area contributed by atoms with Crippen molar-refractivity contribution in [1.82, 2.24) is 0 Å². The van der Waals surface area contributed by atoms with Gasteiger partial charge in [0.1, 0.15) is 5.75 Å². The number of ether oxygens (including phenoxy) is 1. The summed E-state index contributed by atoms with van der Waals surface area (Å²) in [5.74, 6) is 0.0582. The lowest BCUT2D eigenvalue weighted by Crippen LogP contribution is -2.09. The molecular formula is C16H14O2S. The lowest BCUT2D eigenvalue weighted by Gasteiger charge is -2.12. The number of carbonyl (C=O) groups is 1. The summed E-state index contributed by atoms with van der Waals surface area (Å²) < 4.78 is 5.35. The van der Waals surface area contributed by atoms with Crippen LogP contribution in [0.15, 0.2) is 65.6 Å². The van der Waals surface area contributed by atoms with E-state index in [0.717, 1.165) is 16.0 Å². The maximum Gasteiger partial charge on any atom is 0.338 e. The van der Waals surface area contributed by atoms with Gasteiger partial charge in [0.2, 0.25) is 0 Å².